The molecule has 0 radical (unpaired) electrons. The van der Waals surface area contributed by atoms with Crippen molar-refractivity contribution in [2.24, 2.45) is 5.92 Å². The highest BCUT2D eigenvalue weighted by Gasteiger charge is 2.29. The molecule has 2 rings (SSSR count). The van der Waals surface area contributed by atoms with Crippen molar-refractivity contribution in [2.45, 2.75) is 44.3 Å². The zero-order chi connectivity index (χ0) is 16.7. The number of likely N-dealkylation sites (tertiary alicyclic amines) is 2. The molecule has 23 heavy (non-hydrogen) atoms. The minimum Gasteiger partial charge on any atom is -0.469 e. The van der Waals surface area contributed by atoms with Crippen LogP contribution in [0, 0.1) is 5.92 Å². The number of piperidine rings is 1. The monoisotopic (exact) mass is 342 g/mol. The number of rotatable bonds is 5. The molecule has 2 fully saturated rings. The Hall–Kier alpha value is -0.750. The highest BCUT2D eigenvalue weighted by Crippen LogP contribution is 2.23. The van der Waals surface area contributed by atoms with Crippen LogP contribution in [0.2, 0.25) is 0 Å². The Morgan fingerprint density at radius 1 is 1.13 bits per heavy atom. The van der Waals surface area contributed by atoms with Gasteiger partial charge >= 0.3 is 5.97 Å². The molecule has 0 saturated carbocycles. The average molecular weight is 343 g/mol. The summed E-state index contributed by atoms with van der Waals surface area (Å²) in [5.74, 6) is 1.19. The summed E-state index contributed by atoms with van der Waals surface area (Å²) in [5.41, 5.74) is 0. The normalized spacial score (nSPS) is 24.3. The van der Waals surface area contributed by atoms with Crippen LogP contribution in [-0.2, 0) is 14.3 Å². The van der Waals surface area contributed by atoms with Gasteiger partial charge in [0.2, 0.25) is 5.91 Å². The second-order valence-corrected chi connectivity index (χ2v) is 8.06. The van der Waals surface area contributed by atoms with Crippen LogP contribution in [0.3, 0.4) is 0 Å². The molecule has 0 aliphatic carbocycles. The van der Waals surface area contributed by atoms with Gasteiger partial charge in [-0.3, -0.25) is 14.5 Å². The Kier molecular flexibility index (Phi) is 7.70. The van der Waals surface area contributed by atoms with Crippen LogP contribution in [0.15, 0.2) is 0 Å². The Morgan fingerprint density at radius 3 is 2.52 bits per heavy atom. The van der Waals surface area contributed by atoms with Crippen molar-refractivity contribution in [1.82, 2.24) is 9.80 Å². The Balaban J connectivity index is 1.78. The number of thioether (sulfide) groups is 1. The van der Waals surface area contributed by atoms with E-state index < -0.39 is 0 Å². The van der Waals surface area contributed by atoms with E-state index in [-0.39, 0.29) is 17.8 Å². The molecule has 0 spiro atoms. The van der Waals surface area contributed by atoms with Crippen LogP contribution in [0.25, 0.3) is 0 Å². The number of carbonyl (C=O) groups excluding carboxylic acids is 2. The largest absolute Gasteiger partial charge is 0.469 e. The summed E-state index contributed by atoms with van der Waals surface area (Å²) in [6, 6.07) is 0. The molecule has 132 valence electrons. The number of carbonyl (C=O) groups is 2. The number of nitrogens with zero attached hydrogens (tertiary/aromatic N) is 2. The third-order valence-electron chi connectivity index (χ3n) is 4.86. The zero-order valence-electron chi connectivity index (χ0n) is 14.5. The molecule has 0 aromatic rings. The van der Waals surface area contributed by atoms with E-state index >= 15 is 0 Å². The summed E-state index contributed by atoms with van der Waals surface area (Å²) in [4.78, 5) is 28.4. The molecule has 1 amide bonds. The third kappa shape index (κ3) is 5.68. The van der Waals surface area contributed by atoms with Crippen LogP contribution >= 0.6 is 11.8 Å². The van der Waals surface area contributed by atoms with Crippen LogP contribution in [0.4, 0.5) is 0 Å². The van der Waals surface area contributed by atoms with Crippen LogP contribution in [0.1, 0.15) is 39.0 Å². The van der Waals surface area contributed by atoms with E-state index in [1.54, 1.807) is 0 Å². The first-order valence-electron chi connectivity index (χ1n) is 8.83. The molecular formula is C17H30N2O3S. The molecule has 0 bridgehead atoms. The Bertz CT molecular complexity index is 397. The standard InChI is InChI=1S/C17H30N2O3S/c1-3-23-15-6-4-5-9-18(12-15)13-16(20)19-10-7-14(8-11-19)17(21)22-2/h14-15H,3-13H2,1-2H3. The van der Waals surface area contributed by atoms with Crippen molar-refractivity contribution in [2.75, 3.05) is 45.6 Å². The second kappa shape index (κ2) is 9.52. The lowest BCUT2D eigenvalue weighted by molar-refractivity contribution is -0.149. The molecule has 2 aliphatic rings. The van der Waals surface area contributed by atoms with E-state index in [0.717, 1.165) is 31.7 Å². The summed E-state index contributed by atoms with van der Waals surface area (Å²) >= 11 is 2.02. The first kappa shape index (κ1) is 18.6. The van der Waals surface area contributed by atoms with Gasteiger partial charge in [-0.1, -0.05) is 13.3 Å². The minimum atomic E-state index is -0.135. The highest BCUT2D eigenvalue weighted by molar-refractivity contribution is 7.99. The van der Waals surface area contributed by atoms with Crippen molar-refractivity contribution in [3.63, 3.8) is 0 Å². The predicted octanol–water partition coefficient (Wildman–Crippen LogP) is 2.01. The third-order valence-corrected chi connectivity index (χ3v) is 6.05. The van der Waals surface area contributed by atoms with Crippen LogP contribution in [-0.4, -0.2) is 72.5 Å². The van der Waals surface area contributed by atoms with E-state index in [9.17, 15) is 9.59 Å². The fourth-order valence-electron chi connectivity index (χ4n) is 3.52. The lowest BCUT2D eigenvalue weighted by Gasteiger charge is -2.33. The summed E-state index contributed by atoms with van der Waals surface area (Å²) in [6.45, 7) is 6.16. The maximum atomic E-state index is 12.6. The Labute approximate surface area is 144 Å². The zero-order valence-corrected chi connectivity index (χ0v) is 15.3. The molecule has 2 aliphatic heterocycles. The molecule has 6 heteroatoms. The molecule has 2 heterocycles. The topological polar surface area (TPSA) is 49.9 Å². The maximum absolute atomic E-state index is 12.6. The summed E-state index contributed by atoms with van der Waals surface area (Å²) in [6.07, 6.45) is 5.19. The van der Waals surface area contributed by atoms with Gasteiger partial charge in [0, 0.05) is 24.9 Å². The first-order chi connectivity index (χ1) is 11.1. The molecule has 2 saturated heterocycles. The lowest BCUT2D eigenvalue weighted by atomic mass is 9.97. The molecular weight excluding hydrogens is 312 g/mol. The van der Waals surface area contributed by atoms with Crippen molar-refractivity contribution in [1.29, 1.82) is 0 Å². The first-order valence-corrected chi connectivity index (χ1v) is 9.88. The van der Waals surface area contributed by atoms with Crippen molar-refractivity contribution in [3.05, 3.63) is 0 Å². The molecule has 5 nitrogen and oxygen atoms in total. The smallest absolute Gasteiger partial charge is 0.308 e. The fourth-order valence-corrected chi connectivity index (χ4v) is 4.64. The van der Waals surface area contributed by atoms with E-state index in [1.165, 1.54) is 26.4 Å². The van der Waals surface area contributed by atoms with E-state index in [4.69, 9.17) is 4.74 Å². The van der Waals surface area contributed by atoms with Gasteiger partial charge in [-0.15, -0.1) is 0 Å². The minimum absolute atomic E-state index is 0.0347. The summed E-state index contributed by atoms with van der Waals surface area (Å²) in [7, 11) is 1.43. The van der Waals surface area contributed by atoms with Crippen molar-refractivity contribution in [3.8, 4) is 0 Å². The molecule has 1 atom stereocenters. The molecule has 0 N–H and O–H groups in total. The van der Waals surface area contributed by atoms with E-state index in [0.29, 0.717) is 24.9 Å². The Morgan fingerprint density at radius 2 is 1.87 bits per heavy atom. The maximum Gasteiger partial charge on any atom is 0.308 e. The van der Waals surface area contributed by atoms with Gasteiger partial charge in [0.05, 0.1) is 19.6 Å². The SMILES string of the molecule is CCSC1CCCCN(CC(=O)N2CCC(C(=O)OC)CC2)C1. The molecule has 1 unspecified atom stereocenters. The molecule has 0 aromatic carbocycles. The lowest BCUT2D eigenvalue weighted by Crippen LogP contribution is -2.46. The number of esters is 1. The number of ether oxygens (including phenoxy) is 1. The van der Waals surface area contributed by atoms with Gasteiger partial charge in [-0.25, -0.2) is 0 Å². The average Bonchev–Trinajstić information content (AvgIpc) is 2.79. The number of hydrogen-bond donors (Lipinski definition) is 0. The van der Waals surface area contributed by atoms with Gasteiger partial charge < -0.3 is 9.64 Å². The summed E-state index contributed by atoms with van der Waals surface area (Å²) in [5, 5.41) is 0.667. The predicted molar refractivity (Wildman–Crippen MR) is 93.5 cm³/mol. The van der Waals surface area contributed by atoms with E-state index in [2.05, 4.69) is 11.8 Å². The van der Waals surface area contributed by atoms with Crippen LogP contribution in [0.5, 0.6) is 0 Å². The second-order valence-electron chi connectivity index (χ2n) is 6.49. The van der Waals surface area contributed by atoms with Gasteiger partial charge in [-0.2, -0.15) is 11.8 Å². The number of amides is 1. The quantitative estimate of drug-likeness (QED) is 0.715. The van der Waals surface area contributed by atoms with Gasteiger partial charge in [0.1, 0.15) is 0 Å². The van der Waals surface area contributed by atoms with Gasteiger partial charge in [0.15, 0.2) is 0 Å². The number of hydrogen-bond acceptors (Lipinski definition) is 5. The summed E-state index contributed by atoms with van der Waals surface area (Å²) < 4.78 is 4.80. The fraction of sp³-hybridized carbons (Fsp3) is 0.882. The van der Waals surface area contributed by atoms with Crippen molar-refractivity contribution >= 4 is 23.6 Å². The number of methoxy groups -OCH3 is 1. The highest BCUT2D eigenvalue weighted by atomic mass is 32.2. The van der Waals surface area contributed by atoms with Gasteiger partial charge in [0.25, 0.3) is 0 Å². The van der Waals surface area contributed by atoms with Crippen LogP contribution < -0.4 is 0 Å². The van der Waals surface area contributed by atoms with Crippen molar-refractivity contribution < 1.29 is 14.3 Å². The molecule has 0 aromatic heterocycles. The van der Waals surface area contributed by atoms with Gasteiger partial charge in [-0.05, 0) is 38.0 Å². The van der Waals surface area contributed by atoms with E-state index in [1.807, 2.05) is 16.7 Å².